The topological polar surface area (TPSA) is 38.5 Å². The average molecular weight is 260 g/mol. The highest BCUT2D eigenvalue weighted by molar-refractivity contribution is 5.27. The molecule has 2 aliphatic heterocycles. The monoisotopic (exact) mass is 260 g/mol. The van der Waals surface area contributed by atoms with Gasteiger partial charge in [0.25, 0.3) is 0 Å². The van der Waals surface area contributed by atoms with Crippen molar-refractivity contribution in [3.8, 4) is 5.75 Å². The predicted molar refractivity (Wildman–Crippen MR) is 77.4 cm³/mol. The second-order valence-electron chi connectivity index (χ2n) is 6.02. The van der Waals surface area contributed by atoms with Crippen LogP contribution in [0, 0.1) is 6.92 Å². The Morgan fingerprint density at radius 1 is 1.26 bits per heavy atom. The molecular weight excluding hydrogens is 236 g/mol. The Labute approximate surface area is 115 Å². The zero-order valence-electron chi connectivity index (χ0n) is 11.7. The molecule has 0 spiro atoms. The first-order valence-electron chi connectivity index (χ1n) is 7.43. The van der Waals surface area contributed by atoms with E-state index in [1.54, 1.807) is 0 Å². The first kappa shape index (κ1) is 12.9. The van der Waals surface area contributed by atoms with Crippen molar-refractivity contribution in [1.82, 2.24) is 4.90 Å². The van der Waals surface area contributed by atoms with Crippen molar-refractivity contribution in [2.24, 2.45) is 5.73 Å². The van der Waals surface area contributed by atoms with Crippen LogP contribution in [0.25, 0.3) is 0 Å². The first-order chi connectivity index (χ1) is 9.22. The number of benzene rings is 1. The van der Waals surface area contributed by atoms with Crippen molar-refractivity contribution in [3.05, 3.63) is 29.8 Å². The van der Waals surface area contributed by atoms with Crippen LogP contribution in [-0.4, -0.2) is 36.2 Å². The van der Waals surface area contributed by atoms with E-state index < -0.39 is 0 Å². The molecule has 0 radical (unpaired) electrons. The summed E-state index contributed by atoms with van der Waals surface area (Å²) in [5.74, 6) is 0.987. The van der Waals surface area contributed by atoms with E-state index in [2.05, 4.69) is 24.0 Å². The van der Waals surface area contributed by atoms with Crippen molar-refractivity contribution in [1.29, 1.82) is 0 Å². The molecule has 19 heavy (non-hydrogen) atoms. The second kappa shape index (κ2) is 5.51. The number of hydrogen-bond donors (Lipinski definition) is 1. The minimum atomic E-state index is 0.423. The van der Waals surface area contributed by atoms with Gasteiger partial charge in [-0.1, -0.05) is 12.1 Å². The summed E-state index contributed by atoms with van der Waals surface area (Å²) in [4.78, 5) is 2.62. The smallest absolute Gasteiger partial charge is 0.119 e. The molecule has 3 nitrogen and oxygen atoms in total. The minimum Gasteiger partial charge on any atom is -0.492 e. The Morgan fingerprint density at radius 2 is 2.00 bits per heavy atom. The normalized spacial score (nSPS) is 30.5. The summed E-state index contributed by atoms with van der Waals surface area (Å²) in [6.45, 7) is 3.92. The third kappa shape index (κ3) is 2.93. The second-order valence-corrected chi connectivity index (χ2v) is 6.02. The number of nitrogens with two attached hydrogens (primary N) is 1. The van der Waals surface area contributed by atoms with Crippen LogP contribution in [0.2, 0.25) is 0 Å². The number of aryl methyl sites for hydroxylation is 1. The Kier molecular flexibility index (Phi) is 3.76. The van der Waals surface area contributed by atoms with E-state index in [0.717, 1.165) is 18.9 Å². The zero-order chi connectivity index (χ0) is 13.2. The molecule has 2 atom stereocenters. The maximum Gasteiger partial charge on any atom is 0.119 e. The van der Waals surface area contributed by atoms with Crippen LogP contribution < -0.4 is 10.5 Å². The Hall–Kier alpha value is -1.06. The van der Waals surface area contributed by atoms with Crippen molar-refractivity contribution in [2.45, 2.75) is 50.7 Å². The van der Waals surface area contributed by atoms with E-state index in [0.29, 0.717) is 18.1 Å². The highest BCUT2D eigenvalue weighted by Crippen LogP contribution is 2.34. The molecule has 3 heteroatoms. The van der Waals surface area contributed by atoms with Gasteiger partial charge < -0.3 is 10.5 Å². The van der Waals surface area contributed by atoms with E-state index in [1.165, 1.54) is 31.2 Å². The molecule has 2 heterocycles. The van der Waals surface area contributed by atoms with Crippen molar-refractivity contribution in [3.63, 3.8) is 0 Å². The first-order valence-corrected chi connectivity index (χ1v) is 7.43. The lowest BCUT2D eigenvalue weighted by molar-refractivity contribution is 0.106. The largest absolute Gasteiger partial charge is 0.492 e. The number of ether oxygens (including phenoxy) is 1. The van der Waals surface area contributed by atoms with Crippen molar-refractivity contribution < 1.29 is 4.74 Å². The van der Waals surface area contributed by atoms with Crippen LogP contribution >= 0.6 is 0 Å². The van der Waals surface area contributed by atoms with E-state index in [9.17, 15) is 0 Å². The molecule has 2 aliphatic rings. The summed E-state index contributed by atoms with van der Waals surface area (Å²) in [5, 5.41) is 0. The minimum absolute atomic E-state index is 0.423. The Bertz CT molecular complexity index is 421. The lowest BCUT2D eigenvalue weighted by Gasteiger charge is -2.37. The maximum absolute atomic E-state index is 6.10. The standard InChI is InChI=1S/C16H24N2O/c1-12-3-2-4-16(9-12)19-8-7-18-14-5-6-15(18)11-13(17)10-14/h2-4,9,13-15H,5-8,10-11,17H2,1H3. The number of nitrogens with zero attached hydrogens (tertiary/aromatic N) is 1. The van der Waals surface area contributed by atoms with Gasteiger partial charge in [-0.25, -0.2) is 0 Å². The SMILES string of the molecule is Cc1cccc(OCCN2C3CCC2CC(N)C3)c1. The molecule has 2 unspecified atom stereocenters. The molecule has 1 aromatic carbocycles. The molecule has 0 aromatic heterocycles. The van der Waals surface area contributed by atoms with Crippen LogP contribution in [0.5, 0.6) is 5.75 Å². The third-order valence-corrected chi connectivity index (χ3v) is 4.53. The molecule has 0 aliphatic carbocycles. The van der Waals surface area contributed by atoms with Gasteiger partial charge in [0.1, 0.15) is 12.4 Å². The number of hydrogen-bond acceptors (Lipinski definition) is 3. The van der Waals surface area contributed by atoms with E-state index in [1.807, 2.05) is 12.1 Å². The summed E-state index contributed by atoms with van der Waals surface area (Å²) in [6, 6.07) is 10.1. The molecule has 2 N–H and O–H groups in total. The van der Waals surface area contributed by atoms with Crippen LogP contribution in [0.4, 0.5) is 0 Å². The molecule has 2 fully saturated rings. The molecular formula is C16H24N2O. The summed E-state index contributed by atoms with van der Waals surface area (Å²) in [7, 11) is 0. The summed E-state index contributed by atoms with van der Waals surface area (Å²) >= 11 is 0. The fourth-order valence-corrected chi connectivity index (χ4v) is 3.66. The van der Waals surface area contributed by atoms with E-state index in [-0.39, 0.29) is 0 Å². The molecule has 1 aromatic rings. The van der Waals surface area contributed by atoms with Gasteiger partial charge in [0.15, 0.2) is 0 Å². The molecule has 3 rings (SSSR count). The summed E-state index contributed by atoms with van der Waals surface area (Å²) in [5.41, 5.74) is 7.35. The number of fused-ring (bicyclic) bond motifs is 2. The summed E-state index contributed by atoms with van der Waals surface area (Å²) in [6.07, 6.45) is 4.98. The van der Waals surface area contributed by atoms with Crippen molar-refractivity contribution in [2.75, 3.05) is 13.2 Å². The van der Waals surface area contributed by atoms with Crippen LogP contribution in [-0.2, 0) is 0 Å². The van der Waals surface area contributed by atoms with E-state index >= 15 is 0 Å². The lowest BCUT2D eigenvalue weighted by Crippen LogP contribution is -2.48. The average Bonchev–Trinajstić information content (AvgIpc) is 2.62. The third-order valence-electron chi connectivity index (χ3n) is 4.53. The highest BCUT2D eigenvalue weighted by Gasteiger charge is 2.39. The van der Waals surface area contributed by atoms with Crippen LogP contribution in [0.1, 0.15) is 31.2 Å². The maximum atomic E-state index is 6.10. The van der Waals surface area contributed by atoms with Gasteiger partial charge in [0, 0.05) is 24.7 Å². The predicted octanol–water partition coefficient (Wildman–Crippen LogP) is 2.33. The number of rotatable bonds is 4. The van der Waals surface area contributed by atoms with Gasteiger partial charge in [0.05, 0.1) is 0 Å². The van der Waals surface area contributed by atoms with Gasteiger partial charge in [-0.05, 0) is 50.3 Å². The van der Waals surface area contributed by atoms with Gasteiger partial charge in [0.2, 0.25) is 0 Å². The molecule has 0 amide bonds. The van der Waals surface area contributed by atoms with E-state index in [4.69, 9.17) is 10.5 Å². The Morgan fingerprint density at radius 3 is 2.68 bits per heavy atom. The van der Waals surface area contributed by atoms with Crippen molar-refractivity contribution >= 4 is 0 Å². The van der Waals surface area contributed by atoms with Gasteiger partial charge in [-0.3, -0.25) is 4.90 Å². The molecule has 0 saturated carbocycles. The fourth-order valence-electron chi connectivity index (χ4n) is 3.66. The van der Waals surface area contributed by atoms with Crippen LogP contribution in [0.15, 0.2) is 24.3 Å². The Balaban J connectivity index is 1.51. The molecule has 2 bridgehead atoms. The van der Waals surface area contributed by atoms with Gasteiger partial charge >= 0.3 is 0 Å². The fraction of sp³-hybridized carbons (Fsp3) is 0.625. The highest BCUT2D eigenvalue weighted by atomic mass is 16.5. The van der Waals surface area contributed by atoms with Crippen LogP contribution in [0.3, 0.4) is 0 Å². The summed E-state index contributed by atoms with van der Waals surface area (Å²) < 4.78 is 5.87. The quantitative estimate of drug-likeness (QED) is 0.903. The lowest BCUT2D eigenvalue weighted by atomic mass is 9.98. The van der Waals surface area contributed by atoms with Gasteiger partial charge in [-0.2, -0.15) is 0 Å². The van der Waals surface area contributed by atoms with Gasteiger partial charge in [-0.15, -0.1) is 0 Å². The zero-order valence-corrected chi connectivity index (χ0v) is 11.7. The molecule has 2 saturated heterocycles. The number of piperidine rings is 1. The molecule has 104 valence electrons.